The predicted molar refractivity (Wildman–Crippen MR) is 130 cm³/mol. The number of aromatic nitrogens is 5. The van der Waals surface area contributed by atoms with E-state index in [1.807, 2.05) is 17.8 Å². The van der Waals surface area contributed by atoms with Crippen molar-refractivity contribution < 1.29 is 13.9 Å². The highest BCUT2D eigenvalue weighted by Crippen LogP contribution is 2.43. The summed E-state index contributed by atoms with van der Waals surface area (Å²) in [5.41, 5.74) is 1.45. The quantitative estimate of drug-likeness (QED) is 0.409. The molecular weight excluding hydrogens is 447 g/mol. The van der Waals surface area contributed by atoms with Gasteiger partial charge < -0.3 is 10.1 Å². The topological polar surface area (TPSA) is 97.7 Å². The van der Waals surface area contributed by atoms with Gasteiger partial charge in [-0.2, -0.15) is 10.2 Å². The zero-order valence-corrected chi connectivity index (χ0v) is 20.2. The van der Waals surface area contributed by atoms with Crippen molar-refractivity contribution in [2.75, 3.05) is 6.61 Å². The van der Waals surface area contributed by atoms with Gasteiger partial charge in [0.25, 0.3) is 5.91 Å². The molecular formula is C26H31FN6O2. The molecule has 5 rings (SSSR count). The van der Waals surface area contributed by atoms with Gasteiger partial charge in [0.1, 0.15) is 17.9 Å². The number of halogens is 1. The van der Waals surface area contributed by atoms with E-state index in [-0.39, 0.29) is 5.91 Å². The lowest BCUT2D eigenvalue weighted by Crippen LogP contribution is -2.48. The van der Waals surface area contributed by atoms with E-state index in [4.69, 9.17) is 4.74 Å². The van der Waals surface area contributed by atoms with Crippen molar-refractivity contribution in [3.05, 3.63) is 59.7 Å². The van der Waals surface area contributed by atoms with Gasteiger partial charge in [0, 0.05) is 29.8 Å². The van der Waals surface area contributed by atoms with Gasteiger partial charge in [-0.25, -0.2) is 9.37 Å². The van der Waals surface area contributed by atoms with Crippen molar-refractivity contribution in [1.29, 1.82) is 0 Å². The molecule has 3 aromatic rings. The number of hydrogen-bond acceptors (Lipinski definition) is 5. The molecule has 1 aliphatic heterocycles. The SMILES string of the molecule is CCCCCCOc1ccc(C2(C)CC(c3cnn(C4CC4)c3)=C(c3ncn[nH]3)C(=O)N2)c(F)c1. The van der Waals surface area contributed by atoms with Gasteiger partial charge in [-0.1, -0.05) is 32.3 Å². The Labute approximate surface area is 204 Å². The molecule has 0 radical (unpaired) electrons. The maximum absolute atomic E-state index is 15.4. The molecule has 1 amide bonds. The highest BCUT2D eigenvalue weighted by molar-refractivity contribution is 6.27. The highest BCUT2D eigenvalue weighted by atomic mass is 19.1. The Balaban J connectivity index is 1.44. The lowest BCUT2D eigenvalue weighted by molar-refractivity contribution is -0.117. The molecule has 2 aliphatic rings. The van der Waals surface area contributed by atoms with Crippen molar-refractivity contribution in [3.63, 3.8) is 0 Å². The summed E-state index contributed by atoms with van der Waals surface area (Å²) in [5.74, 6) is 0.138. The van der Waals surface area contributed by atoms with Gasteiger partial charge in [0.15, 0.2) is 5.82 Å². The Bertz CT molecular complexity index is 1230. The van der Waals surface area contributed by atoms with Gasteiger partial charge in [-0.15, -0.1) is 0 Å². The number of rotatable bonds is 10. The summed E-state index contributed by atoms with van der Waals surface area (Å²) in [6, 6.07) is 5.30. The van der Waals surface area contributed by atoms with Crippen LogP contribution in [0.2, 0.25) is 0 Å². The summed E-state index contributed by atoms with van der Waals surface area (Å²) in [6.07, 6.45) is 12.1. The van der Waals surface area contributed by atoms with Crippen LogP contribution in [0.1, 0.15) is 81.8 Å². The molecule has 1 unspecified atom stereocenters. The molecule has 3 heterocycles. The summed E-state index contributed by atoms with van der Waals surface area (Å²) in [4.78, 5) is 17.6. The molecule has 184 valence electrons. The molecule has 1 aromatic carbocycles. The number of ether oxygens (including phenoxy) is 1. The number of aromatic amines is 1. The zero-order valence-electron chi connectivity index (χ0n) is 20.2. The minimum Gasteiger partial charge on any atom is -0.493 e. The summed E-state index contributed by atoms with van der Waals surface area (Å²) < 4.78 is 23.1. The van der Waals surface area contributed by atoms with Gasteiger partial charge in [0.05, 0.1) is 30.0 Å². The maximum Gasteiger partial charge on any atom is 0.256 e. The lowest BCUT2D eigenvalue weighted by Gasteiger charge is -2.37. The Hall–Kier alpha value is -3.49. The van der Waals surface area contributed by atoms with Crippen LogP contribution >= 0.6 is 0 Å². The fourth-order valence-corrected chi connectivity index (χ4v) is 4.71. The van der Waals surface area contributed by atoms with E-state index >= 15 is 4.39 Å². The van der Waals surface area contributed by atoms with Crippen LogP contribution in [0.5, 0.6) is 5.75 Å². The van der Waals surface area contributed by atoms with E-state index < -0.39 is 11.4 Å². The standard InChI is InChI=1S/C26H31FN6O2/c1-3-4-5-6-11-35-19-9-10-21(22(27)12-19)26(2)13-20(17-14-30-33(15-17)18-7-8-18)23(25(34)31-26)24-28-16-29-32-24/h9-10,12,14-16,18H,3-8,11,13H2,1-2H3,(H,31,34)(H,28,29,32). The average molecular weight is 479 g/mol. The summed E-state index contributed by atoms with van der Waals surface area (Å²) >= 11 is 0. The molecule has 8 nitrogen and oxygen atoms in total. The molecule has 1 saturated carbocycles. The third-order valence-electron chi connectivity index (χ3n) is 6.77. The molecule has 2 aromatic heterocycles. The Morgan fingerprint density at radius 3 is 2.83 bits per heavy atom. The number of nitrogens with zero attached hydrogens (tertiary/aromatic N) is 4. The van der Waals surface area contributed by atoms with Gasteiger partial charge in [-0.3, -0.25) is 14.6 Å². The van der Waals surface area contributed by atoms with E-state index in [1.54, 1.807) is 18.3 Å². The van der Waals surface area contributed by atoms with Gasteiger partial charge >= 0.3 is 0 Å². The monoisotopic (exact) mass is 478 g/mol. The largest absolute Gasteiger partial charge is 0.493 e. The summed E-state index contributed by atoms with van der Waals surface area (Å²) in [7, 11) is 0. The van der Waals surface area contributed by atoms with Crippen LogP contribution in [-0.4, -0.2) is 37.5 Å². The number of carbonyl (C=O) groups excluding carboxylic acids is 1. The van der Waals surface area contributed by atoms with Crippen LogP contribution in [0.15, 0.2) is 36.9 Å². The number of benzene rings is 1. The van der Waals surface area contributed by atoms with Gasteiger partial charge in [-0.05, 0) is 37.8 Å². The molecule has 2 N–H and O–H groups in total. The van der Waals surface area contributed by atoms with Gasteiger partial charge in [0.2, 0.25) is 0 Å². The molecule has 35 heavy (non-hydrogen) atoms. The Morgan fingerprint density at radius 2 is 2.11 bits per heavy atom. The van der Waals surface area contributed by atoms with Crippen LogP contribution in [0.3, 0.4) is 0 Å². The third kappa shape index (κ3) is 4.85. The number of unbranched alkanes of at least 4 members (excludes halogenated alkanes) is 3. The molecule has 0 bridgehead atoms. The van der Waals surface area contributed by atoms with Crippen molar-refractivity contribution in [1.82, 2.24) is 30.3 Å². The maximum atomic E-state index is 15.4. The van der Waals surface area contributed by atoms with Crippen molar-refractivity contribution in [3.8, 4) is 5.75 Å². The first-order valence-electron chi connectivity index (χ1n) is 12.4. The molecule has 0 saturated heterocycles. The van der Waals surface area contributed by atoms with E-state index in [2.05, 4.69) is 32.5 Å². The van der Waals surface area contributed by atoms with Crippen molar-refractivity contribution >= 4 is 17.1 Å². The number of nitrogens with one attached hydrogen (secondary N) is 2. The molecule has 1 fully saturated rings. The van der Waals surface area contributed by atoms with E-state index in [9.17, 15) is 4.79 Å². The van der Waals surface area contributed by atoms with Crippen molar-refractivity contribution in [2.45, 2.75) is 70.4 Å². The van der Waals surface area contributed by atoms with E-state index in [0.29, 0.717) is 41.8 Å². The smallest absolute Gasteiger partial charge is 0.256 e. The second-order valence-electron chi connectivity index (χ2n) is 9.64. The van der Waals surface area contributed by atoms with Crippen LogP contribution in [0, 0.1) is 5.82 Å². The fraction of sp³-hybridized carbons (Fsp3) is 0.462. The first-order chi connectivity index (χ1) is 17.0. The van der Waals surface area contributed by atoms with Crippen LogP contribution in [0.25, 0.3) is 11.1 Å². The number of hydrogen-bond donors (Lipinski definition) is 2. The first-order valence-corrected chi connectivity index (χ1v) is 12.4. The van der Waals surface area contributed by atoms with E-state index in [0.717, 1.165) is 43.2 Å². The molecule has 0 spiro atoms. The molecule has 9 heteroatoms. The predicted octanol–water partition coefficient (Wildman–Crippen LogP) is 4.78. The number of carbonyl (C=O) groups is 1. The second-order valence-corrected chi connectivity index (χ2v) is 9.64. The third-order valence-corrected chi connectivity index (χ3v) is 6.77. The minimum absolute atomic E-state index is 0.333. The summed E-state index contributed by atoms with van der Waals surface area (Å²) in [6.45, 7) is 4.57. The van der Waals surface area contributed by atoms with Crippen LogP contribution in [0.4, 0.5) is 4.39 Å². The number of amides is 1. The normalized spacial score (nSPS) is 20.3. The number of H-pyrrole nitrogens is 1. The zero-order chi connectivity index (χ0) is 24.4. The van der Waals surface area contributed by atoms with E-state index in [1.165, 1.54) is 18.8 Å². The van der Waals surface area contributed by atoms with Crippen LogP contribution in [-0.2, 0) is 10.3 Å². The van der Waals surface area contributed by atoms with Crippen LogP contribution < -0.4 is 10.1 Å². The molecule has 1 atom stereocenters. The lowest BCUT2D eigenvalue weighted by atomic mass is 9.78. The second kappa shape index (κ2) is 9.64. The highest BCUT2D eigenvalue weighted by Gasteiger charge is 2.41. The minimum atomic E-state index is -0.957. The molecule has 1 aliphatic carbocycles. The van der Waals surface area contributed by atoms with Crippen molar-refractivity contribution in [2.24, 2.45) is 0 Å². The fourth-order valence-electron chi connectivity index (χ4n) is 4.71. The first kappa shape index (κ1) is 23.3. The average Bonchev–Trinajstić information content (AvgIpc) is 3.32. The Morgan fingerprint density at radius 1 is 1.26 bits per heavy atom. The summed E-state index contributed by atoms with van der Waals surface area (Å²) in [5, 5.41) is 14.2. The Kier molecular flexibility index (Phi) is 6.40.